The fourth-order valence-electron chi connectivity index (χ4n) is 3.43. The maximum Gasteiger partial charge on any atom is 0.0642 e. The smallest absolute Gasteiger partial charge is 0.0642 e. The summed E-state index contributed by atoms with van der Waals surface area (Å²) in [5, 5.41) is 1.75. The van der Waals surface area contributed by atoms with E-state index in [2.05, 4.69) is 43.9 Å². The van der Waals surface area contributed by atoms with Crippen LogP contribution in [0.25, 0.3) is 0 Å². The number of nitrogens with zero attached hydrogens (tertiary/aromatic N) is 2. The maximum atomic E-state index is 6.45. The van der Waals surface area contributed by atoms with Gasteiger partial charge in [-0.2, -0.15) is 0 Å². The van der Waals surface area contributed by atoms with E-state index >= 15 is 0 Å². The number of anilines is 1. The third kappa shape index (κ3) is 3.15. The quantitative estimate of drug-likeness (QED) is 0.744. The number of likely N-dealkylation sites (tertiary alicyclic amines) is 1. The van der Waals surface area contributed by atoms with E-state index in [1.807, 2.05) is 0 Å². The van der Waals surface area contributed by atoms with E-state index in [1.54, 1.807) is 0 Å². The Hall–Kier alpha value is -0.250. The largest absolute Gasteiger partial charge is 0.369 e. The van der Waals surface area contributed by atoms with Crippen molar-refractivity contribution >= 4 is 33.2 Å². The van der Waals surface area contributed by atoms with Gasteiger partial charge in [0.1, 0.15) is 0 Å². The highest BCUT2D eigenvalue weighted by molar-refractivity contribution is 9.08. The summed E-state index contributed by atoms with van der Waals surface area (Å²) in [5.74, 6) is 0. The van der Waals surface area contributed by atoms with Crippen molar-refractivity contribution in [2.75, 3.05) is 31.1 Å². The average Bonchev–Trinajstić information content (AvgIpc) is 2.97. The molecule has 20 heavy (non-hydrogen) atoms. The highest BCUT2D eigenvalue weighted by atomic mass is 79.9. The van der Waals surface area contributed by atoms with Crippen molar-refractivity contribution in [3.8, 4) is 0 Å². The molecule has 2 fully saturated rings. The van der Waals surface area contributed by atoms with Crippen LogP contribution in [0.1, 0.15) is 31.2 Å². The summed E-state index contributed by atoms with van der Waals surface area (Å²) in [7, 11) is 0. The summed E-state index contributed by atoms with van der Waals surface area (Å²) in [6.45, 7) is 4.84. The van der Waals surface area contributed by atoms with E-state index < -0.39 is 0 Å². The third-order valence-electron chi connectivity index (χ3n) is 4.58. The van der Waals surface area contributed by atoms with Crippen molar-refractivity contribution in [1.82, 2.24) is 4.90 Å². The lowest BCUT2D eigenvalue weighted by Crippen LogP contribution is -2.40. The van der Waals surface area contributed by atoms with Gasteiger partial charge in [0.05, 0.1) is 10.7 Å². The van der Waals surface area contributed by atoms with Crippen molar-refractivity contribution in [1.29, 1.82) is 0 Å². The predicted octanol–water partition coefficient (Wildman–Crippen LogP) is 4.30. The lowest BCUT2D eigenvalue weighted by molar-refractivity contribution is 0.175. The molecule has 0 bridgehead atoms. The Morgan fingerprint density at radius 2 is 1.95 bits per heavy atom. The number of hydrogen-bond donors (Lipinski definition) is 0. The first kappa shape index (κ1) is 14.7. The van der Waals surface area contributed by atoms with Crippen molar-refractivity contribution in [3.05, 3.63) is 28.8 Å². The van der Waals surface area contributed by atoms with Crippen molar-refractivity contribution in [3.63, 3.8) is 0 Å². The molecule has 0 aliphatic carbocycles. The van der Waals surface area contributed by atoms with Crippen LogP contribution in [0.2, 0.25) is 5.02 Å². The molecule has 2 aliphatic rings. The molecule has 0 aromatic heterocycles. The van der Waals surface area contributed by atoms with Gasteiger partial charge >= 0.3 is 0 Å². The van der Waals surface area contributed by atoms with E-state index in [1.165, 1.54) is 50.0 Å². The van der Waals surface area contributed by atoms with Crippen LogP contribution in [0.15, 0.2) is 18.2 Å². The van der Waals surface area contributed by atoms with Gasteiger partial charge in [-0.3, -0.25) is 4.90 Å². The summed E-state index contributed by atoms with van der Waals surface area (Å²) in [6.07, 6.45) is 5.43. The zero-order chi connectivity index (χ0) is 13.9. The molecule has 4 heteroatoms. The van der Waals surface area contributed by atoms with Crippen LogP contribution in [-0.4, -0.2) is 37.1 Å². The average molecular weight is 358 g/mol. The molecular weight excluding hydrogens is 336 g/mol. The molecule has 0 spiro atoms. The molecule has 2 aliphatic heterocycles. The fourth-order valence-corrected chi connectivity index (χ4v) is 4.10. The number of piperidine rings is 1. The normalized spacial score (nSPS) is 24.3. The van der Waals surface area contributed by atoms with E-state index in [9.17, 15) is 0 Å². The van der Waals surface area contributed by atoms with Crippen LogP contribution in [0.3, 0.4) is 0 Å². The van der Waals surface area contributed by atoms with Gasteiger partial charge in [0.2, 0.25) is 0 Å². The Labute approximate surface area is 135 Å². The first-order valence-corrected chi connectivity index (χ1v) is 9.11. The van der Waals surface area contributed by atoms with Gasteiger partial charge in [-0.15, -0.1) is 0 Å². The number of benzene rings is 1. The molecule has 0 N–H and O–H groups in total. The van der Waals surface area contributed by atoms with Gasteiger partial charge in [-0.1, -0.05) is 40.0 Å². The Kier molecular flexibility index (Phi) is 4.90. The SMILES string of the molecule is Clc1cc(CBr)ccc1N1CCC(N2CCCCC2)C1. The molecule has 0 saturated carbocycles. The van der Waals surface area contributed by atoms with Crippen LogP contribution >= 0.6 is 27.5 Å². The third-order valence-corrected chi connectivity index (χ3v) is 5.53. The number of alkyl halides is 1. The summed E-state index contributed by atoms with van der Waals surface area (Å²) in [6, 6.07) is 7.16. The van der Waals surface area contributed by atoms with E-state index in [4.69, 9.17) is 11.6 Å². The topological polar surface area (TPSA) is 6.48 Å². The number of halogens is 2. The fraction of sp³-hybridized carbons (Fsp3) is 0.625. The van der Waals surface area contributed by atoms with Gasteiger partial charge in [-0.25, -0.2) is 0 Å². The van der Waals surface area contributed by atoms with E-state index in [0.29, 0.717) is 0 Å². The summed E-state index contributed by atoms with van der Waals surface area (Å²) in [5.41, 5.74) is 2.45. The van der Waals surface area contributed by atoms with Crippen LogP contribution in [-0.2, 0) is 5.33 Å². The zero-order valence-corrected chi connectivity index (χ0v) is 14.2. The van der Waals surface area contributed by atoms with Crippen LogP contribution in [0.5, 0.6) is 0 Å². The highest BCUT2D eigenvalue weighted by Crippen LogP contribution is 2.31. The Morgan fingerprint density at radius 3 is 2.65 bits per heavy atom. The minimum Gasteiger partial charge on any atom is -0.369 e. The lowest BCUT2D eigenvalue weighted by Gasteiger charge is -2.32. The van der Waals surface area contributed by atoms with E-state index in [-0.39, 0.29) is 0 Å². The second-order valence-corrected chi connectivity index (χ2v) is 6.87. The molecule has 3 rings (SSSR count). The maximum absolute atomic E-state index is 6.45. The molecule has 1 atom stereocenters. The van der Waals surface area contributed by atoms with Gasteiger partial charge in [0, 0.05) is 24.5 Å². The minimum atomic E-state index is 0.724. The number of rotatable bonds is 3. The van der Waals surface area contributed by atoms with E-state index in [0.717, 1.165) is 29.5 Å². The van der Waals surface area contributed by atoms with Gasteiger partial charge in [0.15, 0.2) is 0 Å². The first-order valence-electron chi connectivity index (χ1n) is 7.61. The van der Waals surface area contributed by atoms with Gasteiger partial charge in [0.25, 0.3) is 0 Å². The molecule has 1 aromatic rings. The molecule has 0 radical (unpaired) electrons. The molecule has 1 unspecified atom stereocenters. The molecule has 110 valence electrons. The molecular formula is C16H22BrClN2. The monoisotopic (exact) mass is 356 g/mol. The highest BCUT2D eigenvalue weighted by Gasteiger charge is 2.29. The van der Waals surface area contributed by atoms with Gasteiger partial charge < -0.3 is 4.90 Å². The molecule has 2 nitrogen and oxygen atoms in total. The van der Waals surface area contributed by atoms with Crippen molar-refractivity contribution in [2.45, 2.75) is 37.1 Å². The zero-order valence-electron chi connectivity index (χ0n) is 11.8. The molecule has 2 saturated heterocycles. The second kappa shape index (κ2) is 6.67. The summed E-state index contributed by atoms with van der Waals surface area (Å²) in [4.78, 5) is 5.14. The van der Waals surface area contributed by atoms with Crippen molar-refractivity contribution in [2.24, 2.45) is 0 Å². The molecule has 0 amide bonds. The minimum absolute atomic E-state index is 0.724. The van der Waals surface area contributed by atoms with Crippen LogP contribution in [0.4, 0.5) is 5.69 Å². The van der Waals surface area contributed by atoms with Crippen molar-refractivity contribution < 1.29 is 0 Å². The Morgan fingerprint density at radius 1 is 1.15 bits per heavy atom. The summed E-state index contributed by atoms with van der Waals surface area (Å²) < 4.78 is 0. The number of hydrogen-bond acceptors (Lipinski definition) is 2. The van der Waals surface area contributed by atoms with Crippen LogP contribution < -0.4 is 4.90 Å². The lowest BCUT2D eigenvalue weighted by atomic mass is 10.1. The summed E-state index contributed by atoms with van der Waals surface area (Å²) >= 11 is 9.93. The predicted molar refractivity (Wildman–Crippen MR) is 90.1 cm³/mol. The van der Waals surface area contributed by atoms with Gasteiger partial charge in [-0.05, 0) is 50.0 Å². The molecule has 1 aromatic carbocycles. The Balaban J connectivity index is 1.67. The Bertz CT molecular complexity index is 460. The standard InChI is InChI=1S/C16H22BrClN2/c17-11-13-4-5-16(15(18)10-13)20-9-6-14(12-20)19-7-2-1-3-8-19/h4-5,10,14H,1-3,6-9,11-12H2. The van der Waals surface area contributed by atoms with Crippen LogP contribution in [0, 0.1) is 0 Å². The second-order valence-electron chi connectivity index (χ2n) is 5.90. The first-order chi connectivity index (χ1) is 9.78. The molecule has 2 heterocycles.